The molecule has 0 amide bonds. The van der Waals surface area contributed by atoms with Crippen LogP contribution >= 0.6 is 0 Å². The maximum absolute atomic E-state index is 11.1. The molecule has 3 atom stereocenters. The summed E-state index contributed by atoms with van der Waals surface area (Å²) in [5.41, 5.74) is 0.835. The van der Waals surface area contributed by atoms with Crippen molar-refractivity contribution in [3.8, 4) is 0 Å². The van der Waals surface area contributed by atoms with Crippen LogP contribution in [0.1, 0.15) is 32.1 Å². The molecule has 0 radical (unpaired) electrons. The number of nitrogens with one attached hydrogen (secondary N) is 1. The third kappa shape index (κ3) is 3.96. The number of hydrogen-bond donors (Lipinski definition) is 1. The molecule has 0 aromatic heterocycles. The fourth-order valence-corrected chi connectivity index (χ4v) is 4.49. The molecule has 0 spiro atoms. The molecule has 2 heterocycles. The van der Waals surface area contributed by atoms with Crippen molar-refractivity contribution in [1.29, 1.82) is 0 Å². The van der Waals surface area contributed by atoms with Crippen LogP contribution in [0.25, 0.3) is 0 Å². The first-order valence-corrected chi connectivity index (χ1v) is 8.42. The van der Waals surface area contributed by atoms with Crippen LogP contribution in [0.3, 0.4) is 0 Å². The highest BCUT2D eigenvalue weighted by Crippen LogP contribution is 2.36. The van der Waals surface area contributed by atoms with Crippen molar-refractivity contribution in [2.75, 3.05) is 32.0 Å². The Bertz CT molecular complexity index is 550. The maximum Gasteiger partial charge on any atom is 0.292 e. The van der Waals surface area contributed by atoms with Crippen molar-refractivity contribution in [2.45, 2.75) is 38.1 Å². The van der Waals surface area contributed by atoms with Gasteiger partial charge in [0.1, 0.15) is 5.69 Å². The second-order valence-corrected chi connectivity index (χ2v) is 7.05. The van der Waals surface area contributed by atoms with Crippen LogP contribution in [0.4, 0.5) is 11.4 Å². The molecule has 5 nitrogen and oxygen atoms in total. The maximum atomic E-state index is 11.1. The Morgan fingerprint density at radius 3 is 2.74 bits per heavy atom. The highest BCUT2D eigenvalue weighted by molar-refractivity contribution is 5.61. The van der Waals surface area contributed by atoms with E-state index in [0.717, 1.165) is 12.6 Å². The lowest BCUT2D eigenvalue weighted by Crippen LogP contribution is -3.00. The van der Waals surface area contributed by atoms with Gasteiger partial charge in [-0.05, 0) is 38.2 Å². The molecule has 2 aliphatic heterocycles. The molecule has 2 saturated heterocycles. The van der Waals surface area contributed by atoms with E-state index < -0.39 is 0 Å². The monoisotopic (exact) mass is 431 g/mol. The molecule has 1 N–H and O–H groups in total. The fourth-order valence-electron chi connectivity index (χ4n) is 4.49. The van der Waals surface area contributed by atoms with Crippen molar-refractivity contribution in [3.63, 3.8) is 0 Å². The van der Waals surface area contributed by atoms with Gasteiger partial charge in [0.25, 0.3) is 5.69 Å². The number of anilines is 1. The van der Waals surface area contributed by atoms with Crippen molar-refractivity contribution < 1.29 is 33.4 Å². The van der Waals surface area contributed by atoms with E-state index >= 15 is 0 Å². The number of piperidine rings is 2. The van der Waals surface area contributed by atoms with E-state index in [2.05, 4.69) is 12.4 Å². The Morgan fingerprint density at radius 1 is 1.22 bits per heavy atom. The van der Waals surface area contributed by atoms with Crippen molar-refractivity contribution in [2.24, 2.45) is 5.92 Å². The number of nitrogens with zero attached hydrogens (tertiary/aromatic N) is 2. The van der Waals surface area contributed by atoms with Crippen LogP contribution in [0.5, 0.6) is 0 Å². The second-order valence-electron chi connectivity index (χ2n) is 7.05. The number of nitro benzene ring substituents is 1. The zero-order valence-electron chi connectivity index (χ0n) is 13.7. The molecule has 6 heteroatoms. The Balaban J connectivity index is 0.00000192. The predicted octanol–water partition coefficient (Wildman–Crippen LogP) is 0.420. The molecule has 3 rings (SSSR count). The van der Waals surface area contributed by atoms with Gasteiger partial charge in [0, 0.05) is 18.5 Å². The third-order valence-electron chi connectivity index (χ3n) is 5.66. The molecular formula is C17H26IN3O2. The van der Waals surface area contributed by atoms with E-state index in [1.165, 1.54) is 49.7 Å². The Kier molecular flexibility index (Phi) is 6.25. The topological polar surface area (TPSA) is 55.2 Å². The van der Waals surface area contributed by atoms with Gasteiger partial charge in [-0.3, -0.25) is 10.1 Å². The largest absolute Gasteiger partial charge is 1.00 e. The van der Waals surface area contributed by atoms with Crippen LogP contribution in [0.15, 0.2) is 24.3 Å². The summed E-state index contributed by atoms with van der Waals surface area (Å²) in [6.07, 6.45) is 6.50. The zero-order valence-corrected chi connectivity index (χ0v) is 15.9. The van der Waals surface area contributed by atoms with Crippen molar-refractivity contribution in [3.05, 3.63) is 34.4 Å². The van der Waals surface area contributed by atoms with Crippen molar-refractivity contribution >= 4 is 11.4 Å². The molecule has 128 valence electrons. The van der Waals surface area contributed by atoms with Crippen LogP contribution in [-0.4, -0.2) is 42.1 Å². The zero-order chi connectivity index (χ0) is 15.6. The van der Waals surface area contributed by atoms with Crippen LogP contribution < -0.4 is 29.3 Å². The number of rotatable bonds is 4. The summed E-state index contributed by atoms with van der Waals surface area (Å²) in [6, 6.07) is 7.69. The van der Waals surface area contributed by atoms with Gasteiger partial charge >= 0.3 is 0 Å². The SMILES string of the molecule is C[N+]12CCCC[C@@H]1[C@H](CNc1ccccc1[N+](=O)[O-])CCC2.[I-]. The van der Waals surface area contributed by atoms with Gasteiger partial charge in [-0.25, -0.2) is 0 Å². The average molecular weight is 431 g/mol. The van der Waals surface area contributed by atoms with Gasteiger partial charge in [-0.15, -0.1) is 0 Å². The first-order chi connectivity index (χ1) is 10.6. The number of nitro groups is 1. The smallest absolute Gasteiger partial charge is 0.292 e. The molecule has 1 aromatic rings. The fraction of sp³-hybridized carbons (Fsp3) is 0.647. The number of halogens is 1. The molecule has 1 unspecified atom stereocenters. The van der Waals surface area contributed by atoms with Crippen LogP contribution in [-0.2, 0) is 0 Å². The molecule has 0 bridgehead atoms. The van der Waals surface area contributed by atoms with Crippen LogP contribution in [0.2, 0.25) is 0 Å². The molecule has 0 saturated carbocycles. The average Bonchev–Trinajstić information content (AvgIpc) is 2.52. The summed E-state index contributed by atoms with van der Waals surface area (Å²) < 4.78 is 1.21. The van der Waals surface area contributed by atoms with E-state index in [0.29, 0.717) is 11.6 Å². The lowest BCUT2D eigenvalue weighted by atomic mass is 9.81. The minimum atomic E-state index is -0.302. The minimum Gasteiger partial charge on any atom is -1.00 e. The quantitative estimate of drug-likeness (QED) is 0.326. The van der Waals surface area contributed by atoms with Gasteiger partial charge in [0.15, 0.2) is 0 Å². The van der Waals surface area contributed by atoms with E-state index in [9.17, 15) is 10.1 Å². The molecule has 1 aromatic carbocycles. The minimum absolute atomic E-state index is 0. The van der Waals surface area contributed by atoms with E-state index in [1.54, 1.807) is 12.1 Å². The Hall–Kier alpha value is -0.890. The first-order valence-electron chi connectivity index (χ1n) is 8.42. The summed E-state index contributed by atoms with van der Waals surface area (Å²) >= 11 is 0. The number of hydrogen-bond acceptors (Lipinski definition) is 3. The summed E-state index contributed by atoms with van der Waals surface area (Å²) in [6.45, 7) is 3.45. The highest BCUT2D eigenvalue weighted by Gasteiger charge is 2.43. The van der Waals surface area contributed by atoms with Gasteiger partial charge in [0.2, 0.25) is 0 Å². The van der Waals surface area contributed by atoms with Gasteiger partial charge < -0.3 is 33.8 Å². The second kappa shape index (κ2) is 7.79. The number of quaternary nitrogens is 1. The lowest BCUT2D eigenvalue weighted by Gasteiger charge is -2.51. The normalized spacial score (nSPS) is 30.0. The summed E-state index contributed by atoms with van der Waals surface area (Å²) in [7, 11) is 2.40. The van der Waals surface area contributed by atoms with Crippen molar-refractivity contribution in [1.82, 2.24) is 0 Å². The third-order valence-corrected chi connectivity index (χ3v) is 5.66. The Morgan fingerprint density at radius 2 is 1.96 bits per heavy atom. The van der Waals surface area contributed by atoms with E-state index in [-0.39, 0.29) is 34.6 Å². The predicted molar refractivity (Wildman–Crippen MR) is 87.9 cm³/mol. The number of benzene rings is 1. The van der Waals surface area contributed by atoms with Gasteiger partial charge in [0.05, 0.1) is 31.1 Å². The molecule has 2 aliphatic rings. The van der Waals surface area contributed by atoms with Gasteiger partial charge in [-0.2, -0.15) is 0 Å². The first kappa shape index (κ1) is 18.4. The molecular weight excluding hydrogens is 405 g/mol. The molecule has 0 aliphatic carbocycles. The summed E-state index contributed by atoms with van der Waals surface area (Å²) in [4.78, 5) is 10.8. The van der Waals surface area contributed by atoms with E-state index in [1.807, 2.05) is 12.1 Å². The van der Waals surface area contributed by atoms with E-state index in [4.69, 9.17) is 0 Å². The molecule has 2 fully saturated rings. The summed E-state index contributed by atoms with van der Waals surface area (Å²) in [5.74, 6) is 0.624. The standard InChI is InChI=1S/C17H26N3O2.HI/c1-20-11-5-4-10-17(20)14(7-6-12-20)13-18-15-8-2-3-9-16(15)19(21)22;/h2-3,8-9,14,17-18H,4-7,10-13H2,1H3;1H/q+1;/p-1/t14-,17+,20?;/m0./s1. The van der Waals surface area contributed by atoms with Gasteiger partial charge in [-0.1, -0.05) is 12.1 Å². The number of fused-ring (bicyclic) bond motifs is 1. The number of para-hydroxylation sites is 2. The Labute approximate surface area is 155 Å². The van der Waals surface area contributed by atoms with Crippen LogP contribution in [0, 0.1) is 16.0 Å². The summed E-state index contributed by atoms with van der Waals surface area (Å²) in [5, 5.41) is 14.5. The highest BCUT2D eigenvalue weighted by atomic mass is 127. The molecule has 23 heavy (non-hydrogen) atoms. The lowest BCUT2D eigenvalue weighted by molar-refractivity contribution is -0.946.